The number of H-pyrrole nitrogens is 1. The van der Waals surface area contributed by atoms with E-state index in [1.165, 1.54) is 6.07 Å². The fraction of sp³-hybridized carbons (Fsp3) is 0.267. The van der Waals surface area contributed by atoms with Gasteiger partial charge in [0.15, 0.2) is 0 Å². The van der Waals surface area contributed by atoms with Gasteiger partial charge in [0.25, 0.3) is 5.56 Å². The molecule has 0 radical (unpaired) electrons. The summed E-state index contributed by atoms with van der Waals surface area (Å²) in [4.78, 5) is 11.2. The van der Waals surface area contributed by atoms with E-state index in [0.717, 1.165) is 5.56 Å². The lowest BCUT2D eigenvalue weighted by Crippen LogP contribution is -2.09. The van der Waals surface area contributed by atoms with Crippen LogP contribution in [0.3, 0.4) is 0 Å². The first-order valence-corrected chi connectivity index (χ1v) is 6.25. The lowest BCUT2D eigenvalue weighted by molar-refractivity contribution is 0.415. The van der Waals surface area contributed by atoms with Crippen LogP contribution >= 0.6 is 0 Å². The van der Waals surface area contributed by atoms with E-state index in [1.807, 2.05) is 24.3 Å². The van der Waals surface area contributed by atoms with Gasteiger partial charge < -0.3 is 4.74 Å². The van der Waals surface area contributed by atoms with Gasteiger partial charge in [-0.25, -0.2) is 5.10 Å². The molecule has 0 fully saturated rings. The van der Waals surface area contributed by atoms with E-state index in [0.29, 0.717) is 22.9 Å². The zero-order valence-electron chi connectivity index (χ0n) is 11.6. The van der Waals surface area contributed by atoms with E-state index in [1.54, 1.807) is 7.11 Å². The highest BCUT2D eigenvalue weighted by Gasteiger charge is 2.14. The second-order valence-corrected chi connectivity index (χ2v) is 4.72. The van der Waals surface area contributed by atoms with Crippen molar-refractivity contribution in [2.45, 2.75) is 19.8 Å². The van der Waals surface area contributed by atoms with Crippen LogP contribution in [0.2, 0.25) is 0 Å². The first kappa shape index (κ1) is 13.8. The third kappa shape index (κ3) is 2.54. The molecular formula is C15H15N3O2. The lowest BCUT2D eigenvalue weighted by atomic mass is 9.98. The molecule has 2 rings (SSSR count). The SMILES string of the molecule is COc1cc(C(C)C)ccc1-c1n[nH]c(=O)cc1C#N. The molecule has 5 nitrogen and oxygen atoms in total. The van der Waals surface area contributed by atoms with Crippen molar-refractivity contribution in [1.82, 2.24) is 10.2 Å². The second kappa shape index (κ2) is 5.57. The van der Waals surface area contributed by atoms with E-state index >= 15 is 0 Å². The Morgan fingerprint density at radius 2 is 2.10 bits per heavy atom. The Labute approximate surface area is 116 Å². The molecule has 0 amide bonds. The van der Waals surface area contributed by atoms with Gasteiger partial charge in [0.2, 0.25) is 0 Å². The molecule has 0 saturated carbocycles. The summed E-state index contributed by atoms with van der Waals surface area (Å²) in [5.41, 5.74) is 2.06. The van der Waals surface area contributed by atoms with Crippen LogP contribution in [-0.2, 0) is 0 Å². The fourth-order valence-electron chi connectivity index (χ4n) is 1.96. The predicted octanol–water partition coefficient (Wildman–Crippen LogP) is 2.44. The number of benzene rings is 1. The lowest BCUT2D eigenvalue weighted by Gasteiger charge is -2.12. The maximum absolute atomic E-state index is 11.2. The predicted molar refractivity (Wildman–Crippen MR) is 75.6 cm³/mol. The van der Waals surface area contributed by atoms with Gasteiger partial charge in [-0.15, -0.1) is 0 Å². The number of nitrogens with zero attached hydrogens (tertiary/aromatic N) is 2. The zero-order chi connectivity index (χ0) is 14.7. The van der Waals surface area contributed by atoms with Crippen LogP contribution in [0.5, 0.6) is 5.75 Å². The highest BCUT2D eigenvalue weighted by molar-refractivity contribution is 5.72. The summed E-state index contributed by atoms with van der Waals surface area (Å²) in [7, 11) is 1.57. The molecule has 20 heavy (non-hydrogen) atoms. The Morgan fingerprint density at radius 1 is 1.35 bits per heavy atom. The Bertz CT molecular complexity index is 727. The third-order valence-corrected chi connectivity index (χ3v) is 3.08. The van der Waals surface area contributed by atoms with E-state index in [4.69, 9.17) is 10.00 Å². The quantitative estimate of drug-likeness (QED) is 0.928. The van der Waals surface area contributed by atoms with Crippen molar-refractivity contribution in [3.8, 4) is 23.1 Å². The van der Waals surface area contributed by atoms with Gasteiger partial charge in [-0.2, -0.15) is 10.4 Å². The van der Waals surface area contributed by atoms with Crippen LogP contribution in [0.15, 0.2) is 29.1 Å². The summed E-state index contributed by atoms with van der Waals surface area (Å²) in [5.74, 6) is 1.00. The van der Waals surface area contributed by atoms with Gasteiger partial charge in [-0.1, -0.05) is 19.9 Å². The highest BCUT2D eigenvalue weighted by Crippen LogP contribution is 2.32. The molecule has 5 heteroatoms. The number of hydrogen-bond acceptors (Lipinski definition) is 4. The number of rotatable bonds is 3. The second-order valence-electron chi connectivity index (χ2n) is 4.72. The van der Waals surface area contributed by atoms with Crippen LogP contribution in [0.1, 0.15) is 30.9 Å². The molecule has 0 atom stereocenters. The summed E-state index contributed by atoms with van der Waals surface area (Å²) in [5, 5.41) is 15.4. The smallest absolute Gasteiger partial charge is 0.265 e. The van der Waals surface area contributed by atoms with Crippen molar-refractivity contribution in [1.29, 1.82) is 5.26 Å². The maximum Gasteiger partial charge on any atom is 0.265 e. The Morgan fingerprint density at radius 3 is 2.70 bits per heavy atom. The summed E-state index contributed by atoms with van der Waals surface area (Å²) in [6.07, 6.45) is 0. The maximum atomic E-state index is 11.2. The molecule has 0 spiro atoms. The largest absolute Gasteiger partial charge is 0.496 e. The van der Waals surface area contributed by atoms with Crippen molar-refractivity contribution in [2.24, 2.45) is 0 Å². The third-order valence-electron chi connectivity index (χ3n) is 3.08. The van der Waals surface area contributed by atoms with Crippen LogP contribution in [0, 0.1) is 11.3 Å². The molecule has 0 aliphatic heterocycles. The summed E-state index contributed by atoms with van der Waals surface area (Å²) in [6, 6.07) is 8.97. The minimum absolute atomic E-state index is 0.226. The molecule has 0 saturated heterocycles. The van der Waals surface area contributed by atoms with Crippen molar-refractivity contribution in [3.63, 3.8) is 0 Å². The molecule has 1 aromatic heterocycles. The molecule has 1 N–H and O–H groups in total. The van der Waals surface area contributed by atoms with Crippen molar-refractivity contribution >= 4 is 0 Å². The Kier molecular flexibility index (Phi) is 3.85. The standard InChI is InChI=1S/C15H15N3O2/c1-9(2)10-4-5-12(13(6-10)20-3)15-11(8-16)7-14(19)17-18-15/h4-7,9H,1-3H3,(H,17,19). The van der Waals surface area contributed by atoms with E-state index in [9.17, 15) is 4.79 Å². The molecule has 0 bridgehead atoms. The number of nitriles is 1. The normalized spacial score (nSPS) is 10.3. The zero-order valence-corrected chi connectivity index (χ0v) is 11.6. The monoisotopic (exact) mass is 269 g/mol. The van der Waals surface area contributed by atoms with Crippen LogP contribution in [0.4, 0.5) is 0 Å². The first-order valence-electron chi connectivity index (χ1n) is 6.25. The molecule has 102 valence electrons. The number of aromatic nitrogens is 2. The number of nitrogens with one attached hydrogen (secondary N) is 1. The average Bonchev–Trinajstić information content (AvgIpc) is 2.46. The molecule has 2 aromatic rings. The van der Waals surface area contributed by atoms with E-state index in [2.05, 4.69) is 24.0 Å². The van der Waals surface area contributed by atoms with Gasteiger partial charge in [-0.3, -0.25) is 4.79 Å². The van der Waals surface area contributed by atoms with Gasteiger partial charge in [-0.05, 0) is 23.6 Å². The van der Waals surface area contributed by atoms with Gasteiger partial charge in [0, 0.05) is 11.6 Å². The van der Waals surface area contributed by atoms with Gasteiger partial charge >= 0.3 is 0 Å². The Hall–Kier alpha value is -2.61. The summed E-state index contributed by atoms with van der Waals surface area (Å²) < 4.78 is 5.38. The molecule has 0 unspecified atom stereocenters. The minimum atomic E-state index is -0.400. The van der Waals surface area contributed by atoms with Crippen LogP contribution in [0.25, 0.3) is 11.3 Å². The molecule has 1 aromatic carbocycles. The first-order chi connectivity index (χ1) is 9.56. The molecule has 0 aliphatic carbocycles. The average molecular weight is 269 g/mol. The summed E-state index contributed by atoms with van der Waals surface area (Å²) in [6.45, 7) is 4.18. The van der Waals surface area contributed by atoms with Gasteiger partial charge in [0.1, 0.15) is 17.5 Å². The van der Waals surface area contributed by atoms with Crippen molar-refractivity contribution in [3.05, 3.63) is 45.7 Å². The Balaban J connectivity index is 2.64. The fourth-order valence-corrected chi connectivity index (χ4v) is 1.96. The number of ether oxygens (including phenoxy) is 1. The molecule has 0 aliphatic rings. The molecule has 1 heterocycles. The van der Waals surface area contributed by atoms with Crippen LogP contribution < -0.4 is 10.3 Å². The van der Waals surface area contributed by atoms with Crippen LogP contribution in [-0.4, -0.2) is 17.3 Å². The van der Waals surface area contributed by atoms with E-state index in [-0.39, 0.29) is 5.56 Å². The molecular weight excluding hydrogens is 254 g/mol. The topological polar surface area (TPSA) is 78.8 Å². The number of hydrogen-bond donors (Lipinski definition) is 1. The van der Waals surface area contributed by atoms with Crippen molar-refractivity contribution in [2.75, 3.05) is 7.11 Å². The summed E-state index contributed by atoms with van der Waals surface area (Å²) >= 11 is 0. The van der Waals surface area contributed by atoms with E-state index < -0.39 is 5.56 Å². The van der Waals surface area contributed by atoms with Gasteiger partial charge in [0.05, 0.1) is 12.7 Å². The minimum Gasteiger partial charge on any atom is -0.496 e. The highest BCUT2D eigenvalue weighted by atomic mass is 16.5. The number of methoxy groups -OCH3 is 1. The number of aromatic amines is 1. The van der Waals surface area contributed by atoms with Crippen molar-refractivity contribution < 1.29 is 4.74 Å².